The quantitative estimate of drug-likeness (QED) is 0.301. The second kappa shape index (κ2) is 16.0. The van der Waals surface area contributed by atoms with Gasteiger partial charge in [-0.05, 0) is 19.4 Å². The van der Waals surface area contributed by atoms with Crippen molar-refractivity contribution in [1.29, 1.82) is 0 Å². The second-order valence-corrected chi connectivity index (χ2v) is 5.82. The van der Waals surface area contributed by atoms with Crippen LogP contribution in [-0.2, 0) is 19.1 Å². The van der Waals surface area contributed by atoms with E-state index in [0.29, 0.717) is 12.0 Å². The van der Waals surface area contributed by atoms with Gasteiger partial charge in [-0.1, -0.05) is 79.0 Å². The zero-order chi connectivity index (χ0) is 21.2. The van der Waals surface area contributed by atoms with Gasteiger partial charge in [0.1, 0.15) is 6.10 Å². The third-order valence-corrected chi connectivity index (χ3v) is 3.28. The van der Waals surface area contributed by atoms with Crippen molar-refractivity contribution in [1.82, 2.24) is 0 Å². The van der Waals surface area contributed by atoms with Crippen molar-refractivity contribution in [2.75, 3.05) is 0 Å². The Kier molecular flexibility index (Phi) is 14.2. The van der Waals surface area contributed by atoms with Gasteiger partial charge in [0.2, 0.25) is 0 Å². The van der Waals surface area contributed by atoms with Gasteiger partial charge in [-0.2, -0.15) is 0 Å². The number of carboxylic acids is 1. The Labute approximate surface area is 166 Å². The molecule has 0 aromatic carbocycles. The summed E-state index contributed by atoms with van der Waals surface area (Å²) in [5, 5.41) is 8.77. The third-order valence-electron chi connectivity index (χ3n) is 3.28. The van der Waals surface area contributed by atoms with E-state index in [1.807, 2.05) is 54.7 Å². The number of carbonyl (C=O) groups excluding carboxylic acids is 2. The number of hydrogen-bond acceptors (Lipinski definition) is 4. The molecule has 5 nitrogen and oxygen atoms in total. The average molecular weight is 384 g/mol. The van der Waals surface area contributed by atoms with E-state index in [4.69, 9.17) is 9.84 Å². The van der Waals surface area contributed by atoms with Gasteiger partial charge in [-0.25, -0.2) is 0 Å². The van der Waals surface area contributed by atoms with Gasteiger partial charge in [-0.15, -0.1) is 0 Å². The van der Waals surface area contributed by atoms with E-state index in [1.165, 1.54) is 13.8 Å². The van der Waals surface area contributed by atoms with E-state index in [1.54, 1.807) is 31.2 Å². The number of hydrogen-bond donors (Lipinski definition) is 1. The highest BCUT2D eigenvalue weighted by atomic mass is 16.5. The first-order valence-electron chi connectivity index (χ1n) is 8.89. The number of allylic oxidation sites excluding steroid dienone is 13. The fourth-order valence-corrected chi connectivity index (χ4v) is 1.81. The predicted molar refractivity (Wildman–Crippen MR) is 112 cm³/mol. The van der Waals surface area contributed by atoms with Crippen LogP contribution >= 0.6 is 0 Å². The lowest BCUT2D eigenvalue weighted by Gasteiger charge is -2.12. The van der Waals surface area contributed by atoms with Crippen molar-refractivity contribution in [3.05, 3.63) is 84.6 Å². The molecule has 0 rings (SSSR count). The summed E-state index contributed by atoms with van der Waals surface area (Å²) < 4.78 is 4.94. The van der Waals surface area contributed by atoms with Crippen molar-refractivity contribution in [2.45, 2.75) is 39.7 Å². The molecule has 0 heterocycles. The molecular formula is C23H28O5. The summed E-state index contributed by atoms with van der Waals surface area (Å²) >= 11 is 0. The topological polar surface area (TPSA) is 80.7 Å². The number of ether oxygens (including phenoxy) is 1. The molecule has 0 saturated carbocycles. The first kappa shape index (κ1) is 24.8. The van der Waals surface area contributed by atoms with Crippen LogP contribution in [0.4, 0.5) is 0 Å². The summed E-state index contributed by atoms with van der Waals surface area (Å²) in [5.74, 6) is -1.43. The van der Waals surface area contributed by atoms with Crippen molar-refractivity contribution in [3.63, 3.8) is 0 Å². The van der Waals surface area contributed by atoms with E-state index in [2.05, 4.69) is 0 Å². The number of ketones is 1. The molecule has 0 unspecified atom stereocenters. The lowest BCUT2D eigenvalue weighted by atomic mass is 10.1. The Bertz CT molecular complexity index is 699. The van der Waals surface area contributed by atoms with Crippen LogP contribution in [0.3, 0.4) is 0 Å². The molecule has 0 saturated heterocycles. The number of aliphatic carboxylic acids is 1. The molecule has 0 bridgehead atoms. The van der Waals surface area contributed by atoms with E-state index in [-0.39, 0.29) is 12.2 Å². The molecule has 0 spiro atoms. The Morgan fingerprint density at radius 3 is 1.68 bits per heavy atom. The van der Waals surface area contributed by atoms with Crippen molar-refractivity contribution in [2.24, 2.45) is 0 Å². The minimum atomic E-state index is -1.00. The molecule has 0 fully saturated rings. The maximum Gasteiger partial charge on any atom is 0.307 e. The minimum Gasteiger partial charge on any atom is -0.481 e. The lowest BCUT2D eigenvalue weighted by Crippen LogP contribution is -2.19. The zero-order valence-corrected chi connectivity index (χ0v) is 16.6. The molecule has 0 aliphatic carbocycles. The summed E-state index contributed by atoms with van der Waals surface area (Å²) in [6.07, 6.45) is 23.3. The fourth-order valence-electron chi connectivity index (χ4n) is 1.81. The standard InChI is InChI=1S/C23H28O5/c1-19(20(2)24)16-14-12-10-8-6-4-5-7-9-11-13-15-17-22(18-23(26)27)28-21(3)25/h4-16,22H,17-18H2,1-3H3,(H,26,27)/b6-4+,7-5+,10-8+,11-9+,14-12+,15-13+,19-16+/t22-/m1/s1. The van der Waals surface area contributed by atoms with Gasteiger partial charge in [0, 0.05) is 13.3 Å². The Morgan fingerprint density at radius 1 is 0.786 bits per heavy atom. The van der Waals surface area contributed by atoms with Gasteiger partial charge in [0.05, 0.1) is 6.42 Å². The summed E-state index contributed by atoms with van der Waals surface area (Å²) in [6, 6.07) is 0. The maximum absolute atomic E-state index is 11.0. The van der Waals surface area contributed by atoms with Gasteiger partial charge < -0.3 is 9.84 Å². The van der Waals surface area contributed by atoms with E-state index >= 15 is 0 Å². The number of Topliss-reactive ketones (excluding diaryl/α,β-unsaturated/α-hetero) is 1. The molecule has 1 N–H and O–H groups in total. The first-order valence-corrected chi connectivity index (χ1v) is 8.89. The predicted octanol–water partition coefficient (Wildman–Crippen LogP) is 4.66. The van der Waals surface area contributed by atoms with Crippen LogP contribution in [0.1, 0.15) is 33.6 Å². The molecule has 0 aliphatic heterocycles. The zero-order valence-electron chi connectivity index (χ0n) is 16.6. The largest absolute Gasteiger partial charge is 0.481 e. The summed E-state index contributed by atoms with van der Waals surface area (Å²) in [6.45, 7) is 4.57. The molecule has 0 aliphatic rings. The number of rotatable bonds is 12. The number of carbonyl (C=O) groups is 3. The third kappa shape index (κ3) is 16.3. The SMILES string of the molecule is CC(=O)O[C@H](C/C=C/C=C/C=C/C=C/C=C/C=C/C=C(\C)C(C)=O)CC(=O)O. The van der Waals surface area contributed by atoms with Crippen molar-refractivity contribution >= 4 is 17.7 Å². The second-order valence-electron chi connectivity index (χ2n) is 5.82. The van der Waals surface area contributed by atoms with Crippen LogP contribution in [0, 0.1) is 0 Å². The smallest absolute Gasteiger partial charge is 0.307 e. The molecule has 0 amide bonds. The van der Waals surface area contributed by atoms with Crippen LogP contribution in [0.2, 0.25) is 0 Å². The molecule has 5 heteroatoms. The van der Waals surface area contributed by atoms with E-state index in [0.717, 1.165) is 0 Å². The van der Waals surface area contributed by atoms with Crippen LogP contribution in [-0.4, -0.2) is 28.9 Å². The Balaban J connectivity index is 4.22. The molecule has 1 atom stereocenters. The Hall–Kier alpha value is -3.21. The van der Waals surface area contributed by atoms with Crippen LogP contribution in [0.5, 0.6) is 0 Å². The fraction of sp³-hybridized carbons (Fsp3) is 0.261. The molecule has 28 heavy (non-hydrogen) atoms. The van der Waals surface area contributed by atoms with Crippen LogP contribution in [0.25, 0.3) is 0 Å². The monoisotopic (exact) mass is 384 g/mol. The highest BCUT2D eigenvalue weighted by Gasteiger charge is 2.14. The maximum atomic E-state index is 11.0. The average Bonchev–Trinajstić information content (AvgIpc) is 2.60. The first-order chi connectivity index (χ1) is 13.3. The summed E-state index contributed by atoms with van der Waals surface area (Å²) in [7, 11) is 0. The van der Waals surface area contributed by atoms with Gasteiger partial charge in [-0.3, -0.25) is 14.4 Å². The van der Waals surface area contributed by atoms with Crippen molar-refractivity contribution < 1.29 is 24.2 Å². The highest BCUT2D eigenvalue weighted by Crippen LogP contribution is 2.06. The van der Waals surface area contributed by atoms with Crippen LogP contribution in [0.15, 0.2) is 84.6 Å². The number of carboxylic acid groups (broad SMARTS) is 1. The van der Waals surface area contributed by atoms with Crippen molar-refractivity contribution in [3.8, 4) is 0 Å². The summed E-state index contributed by atoms with van der Waals surface area (Å²) in [5.41, 5.74) is 0.716. The number of esters is 1. The molecular weight excluding hydrogens is 356 g/mol. The lowest BCUT2D eigenvalue weighted by molar-refractivity contribution is -0.150. The molecule has 0 aromatic heterocycles. The molecule has 0 radical (unpaired) electrons. The van der Waals surface area contributed by atoms with Gasteiger partial charge in [0.25, 0.3) is 0 Å². The Morgan fingerprint density at radius 2 is 1.25 bits per heavy atom. The molecule has 150 valence electrons. The minimum absolute atomic E-state index is 0.0611. The molecule has 0 aromatic rings. The normalized spacial score (nSPS) is 14.3. The van der Waals surface area contributed by atoms with E-state index < -0.39 is 18.0 Å². The highest BCUT2D eigenvalue weighted by molar-refractivity contribution is 5.92. The van der Waals surface area contributed by atoms with E-state index in [9.17, 15) is 14.4 Å². The van der Waals surface area contributed by atoms with Crippen LogP contribution < -0.4 is 0 Å². The summed E-state index contributed by atoms with van der Waals surface area (Å²) in [4.78, 5) is 32.6. The van der Waals surface area contributed by atoms with Gasteiger partial charge in [0.15, 0.2) is 5.78 Å². The van der Waals surface area contributed by atoms with Gasteiger partial charge >= 0.3 is 11.9 Å².